The molecule has 0 spiro atoms. The van der Waals surface area contributed by atoms with Crippen LogP contribution in [0.15, 0.2) is 11.6 Å². The maximum atomic E-state index is 4.38. The molecule has 0 aliphatic carbocycles. The lowest BCUT2D eigenvalue weighted by Crippen LogP contribution is -2.38. The summed E-state index contributed by atoms with van der Waals surface area (Å²) in [4.78, 5) is 4.38. The number of hydrogen-bond acceptors (Lipinski definition) is 4. The molecule has 2 unspecified atom stereocenters. The summed E-state index contributed by atoms with van der Waals surface area (Å²) in [5, 5.41) is 7.75. The van der Waals surface area contributed by atoms with Crippen LogP contribution in [0.2, 0.25) is 0 Å². The van der Waals surface area contributed by atoms with Gasteiger partial charge in [0.05, 0.1) is 5.01 Å². The number of aromatic nitrogens is 1. The molecule has 0 saturated carbocycles. The first-order valence-electron chi connectivity index (χ1n) is 5.63. The zero-order valence-corrected chi connectivity index (χ0v) is 10.7. The Morgan fingerprint density at radius 1 is 1.67 bits per heavy atom. The van der Waals surface area contributed by atoms with Gasteiger partial charge in [0.15, 0.2) is 0 Å². The second-order valence-corrected chi connectivity index (χ2v) is 6.17. The van der Waals surface area contributed by atoms with Gasteiger partial charge in [-0.2, -0.15) is 11.8 Å². The van der Waals surface area contributed by atoms with Crippen molar-refractivity contribution in [1.29, 1.82) is 0 Å². The first-order valence-corrected chi connectivity index (χ1v) is 7.56. The summed E-state index contributed by atoms with van der Waals surface area (Å²) < 4.78 is 0. The predicted octanol–water partition coefficient (Wildman–Crippen LogP) is 2.56. The van der Waals surface area contributed by atoms with E-state index in [1.54, 1.807) is 11.3 Å². The fourth-order valence-electron chi connectivity index (χ4n) is 2.06. The molecule has 1 N–H and O–H groups in total. The van der Waals surface area contributed by atoms with Gasteiger partial charge in [-0.25, -0.2) is 4.98 Å². The van der Waals surface area contributed by atoms with Gasteiger partial charge >= 0.3 is 0 Å². The van der Waals surface area contributed by atoms with E-state index in [4.69, 9.17) is 0 Å². The fourth-order valence-corrected chi connectivity index (χ4v) is 4.13. The minimum atomic E-state index is 0.619. The van der Waals surface area contributed by atoms with Gasteiger partial charge in [-0.3, -0.25) is 0 Å². The fraction of sp³-hybridized carbons (Fsp3) is 0.727. The average Bonchev–Trinajstić information content (AvgIpc) is 2.89. The van der Waals surface area contributed by atoms with Crippen molar-refractivity contribution in [2.45, 2.75) is 37.5 Å². The number of likely N-dealkylation sites (N-methyl/N-ethyl adjacent to an activating group) is 1. The molecule has 1 fully saturated rings. The van der Waals surface area contributed by atoms with Crippen LogP contribution in [-0.2, 0) is 6.42 Å². The third-order valence-electron chi connectivity index (χ3n) is 2.76. The Hall–Kier alpha value is -0.0600. The third kappa shape index (κ3) is 3.20. The molecular formula is C11H18N2S2. The summed E-state index contributed by atoms with van der Waals surface area (Å²) in [6.45, 7) is 3.25. The summed E-state index contributed by atoms with van der Waals surface area (Å²) in [6, 6.07) is 0.619. The molecule has 1 aliphatic heterocycles. The lowest BCUT2D eigenvalue weighted by atomic mass is 10.1. The van der Waals surface area contributed by atoms with E-state index in [0.717, 1.165) is 18.2 Å². The van der Waals surface area contributed by atoms with Gasteiger partial charge < -0.3 is 5.32 Å². The summed E-state index contributed by atoms with van der Waals surface area (Å²) >= 11 is 3.90. The minimum Gasteiger partial charge on any atom is -0.313 e. The lowest BCUT2D eigenvalue weighted by Gasteiger charge is -2.22. The molecule has 0 radical (unpaired) electrons. The molecule has 2 heterocycles. The van der Waals surface area contributed by atoms with Crippen LogP contribution in [0, 0.1) is 0 Å². The first kappa shape index (κ1) is 11.4. The Morgan fingerprint density at radius 2 is 2.60 bits per heavy atom. The van der Waals surface area contributed by atoms with Crippen molar-refractivity contribution < 1.29 is 0 Å². The van der Waals surface area contributed by atoms with Gasteiger partial charge in [0.2, 0.25) is 0 Å². The Bertz CT molecular complexity index is 268. The smallest absolute Gasteiger partial charge is 0.0940 e. The molecule has 1 aliphatic rings. The van der Waals surface area contributed by atoms with E-state index in [9.17, 15) is 0 Å². The molecule has 2 rings (SSSR count). The van der Waals surface area contributed by atoms with Gasteiger partial charge in [-0.05, 0) is 25.1 Å². The SMILES string of the molecule is CCNC(Cc1nccs1)C1CCCS1. The number of rotatable bonds is 5. The molecule has 2 nitrogen and oxygen atoms in total. The molecular weight excluding hydrogens is 224 g/mol. The Kier molecular flexibility index (Phi) is 4.47. The first-order chi connectivity index (χ1) is 7.40. The van der Waals surface area contributed by atoms with E-state index in [-0.39, 0.29) is 0 Å². The highest BCUT2D eigenvalue weighted by molar-refractivity contribution is 8.00. The maximum absolute atomic E-state index is 4.38. The second kappa shape index (κ2) is 5.87. The largest absolute Gasteiger partial charge is 0.313 e. The Morgan fingerprint density at radius 3 is 3.20 bits per heavy atom. The standard InChI is InChI=1S/C11H18N2S2/c1-2-12-9(10-4-3-6-14-10)8-11-13-5-7-15-11/h5,7,9-10,12H,2-4,6,8H2,1H3. The van der Waals surface area contributed by atoms with Gasteiger partial charge in [-0.15, -0.1) is 11.3 Å². The Balaban J connectivity index is 1.93. The highest BCUT2D eigenvalue weighted by atomic mass is 32.2. The third-order valence-corrected chi connectivity index (χ3v) is 5.08. The predicted molar refractivity (Wildman–Crippen MR) is 68.8 cm³/mol. The quantitative estimate of drug-likeness (QED) is 0.859. The molecule has 0 bridgehead atoms. The minimum absolute atomic E-state index is 0.619. The molecule has 0 aromatic carbocycles. The van der Waals surface area contributed by atoms with E-state index < -0.39 is 0 Å². The summed E-state index contributed by atoms with van der Waals surface area (Å²) in [5.74, 6) is 1.34. The van der Waals surface area contributed by atoms with Crippen molar-refractivity contribution in [3.8, 4) is 0 Å². The zero-order chi connectivity index (χ0) is 10.5. The Labute approximate surface area is 99.9 Å². The maximum Gasteiger partial charge on any atom is 0.0940 e. The van der Waals surface area contributed by atoms with Gasteiger partial charge in [0.1, 0.15) is 0 Å². The van der Waals surface area contributed by atoms with Crippen LogP contribution in [0.1, 0.15) is 24.8 Å². The lowest BCUT2D eigenvalue weighted by molar-refractivity contribution is 0.494. The number of thioether (sulfide) groups is 1. The molecule has 1 aromatic rings. The van der Waals surface area contributed by atoms with Crippen LogP contribution in [0.25, 0.3) is 0 Å². The molecule has 1 saturated heterocycles. The number of nitrogens with one attached hydrogen (secondary N) is 1. The van der Waals surface area contributed by atoms with E-state index in [0.29, 0.717) is 6.04 Å². The van der Waals surface area contributed by atoms with E-state index in [2.05, 4.69) is 34.4 Å². The van der Waals surface area contributed by atoms with Crippen molar-refractivity contribution in [3.63, 3.8) is 0 Å². The van der Waals surface area contributed by atoms with Crippen LogP contribution >= 0.6 is 23.1 Å². The highest BCUT2D eigenvalue weighted by Gasteiger charge is 2.25. The second-order valence-electron chi connectivity index (χ2n) is 3.85. The summed E-state index contributed by atoms with van der Waals surface area (Å²) in [6.07, 6.45) is 5.76. The molecule has 0 amide bonds. The van der Waals surface area contributed by atoms with Crippen LogP contribution in [0.5, 0.6) is 0 Å². The number of nitrogens with zero attached hydrogens (tertiary/aromatic N) is 1. The van der Waals surface area contributed by atoms with E-state index in [1.165, 1.54) is 23.6 Å². The highest BCUT2D eigenvalue weighted by Crippen LogP contribution is 2.30. The van der Waals surface area contributed by atoms with Crippen molar-refractivity contribution in [1.82, 2.24) is 10.3 Å². The molecule has 2 atom stereocenters. The van der Waals surface area contributed by atoms with E-state index in [1.807, 2.05) is 6.20 Å². The van der Waals surface area contributed by atoms with E-state index >= 15 is 0 Å². The molecule has 15 heavy (non-hydrogen) atoms. The van der Waals surface area contributed by atoms with Crippen LogP contribution in [0.3, 0.4) is 0 Å². The summed E-state index contributed by atoms with van der Waals surface area (Å²) in [5.41, 5.74) is 0. The van der Waals surface area contributed by atoms with Crippen molar-refractivity contribution >= 4 is 23.1 Å². The monoisotopic (exact) mass is 242 g/mol. The molecule has 4 heteroatoms. The van der Waals surface area contributed by atoms with Crippen molar-refractivity contribution in [2.24, 2.45) is 0 Å². The molecule has 1 aromatic heterocycles. The zero-order valence-electron chi connectivity index (χ0n) is 9.11. The topological polar surface area (TPSA) is 24.9 Å². The molecule has 84 valence electrons. The average molecular weight is 242 g/mol. The van der Waals surface area contributed by atoms with Crippen LogP contribution < -0.4 is 5.32 Å². The van der Waals surface area contributed by atoms with Crippen LogP contribution in [-0.4, -0.2) is 28.6 Å². The van der Waals surface area contributed by atoms with Gasteiger partial charge in [-0.1, -0.05) is 6.92 Å². The summed E-state index contributed by atoms with van der Waals surface area (Å²) in [7, 11) is 0. The van der Waals surface area contributed by atoms with Crippen LogP contribution in [0.4, 0.5) is 0 Å². The van der Waals surface area contributed by atoms with Crippen molar-refractivity contribution in [2.75, 3.05) is 12.3 Å². The normalized spacial score (nSPS) is 23.1. The number of thiazole rings is 1. The van der Waals surface area contributed by atoms with Gasteiger partial charge in [0, 0.05) is 29.3 Å². The van der Waals surface area contributed by atoms with Gasteiger partial charge in [0.25, 0.3) is 0 Å². The van der Waals surface area contributed by atoms with Crippen molar-refractivity contribution in [3.05, 3.63) is 16.6 Å². The number of hydrogen-bond donors (Lipinski definition) is 1.